The van der Waals surface area contributed by atoms with Crippen molar-refractivity contribution < 1.29 is 4.79 Å². The van der Waals surface area contributed by atoms with Gasteiger partial charge in [-0.05, 0) is 6.42 Å². The molecule has 104 valence electrons. The molecule has 1 aliphatic rings. The van der Waals surface area contributed by atoms with Crippen molar-refractivity contribution in [3.05, 3.63) is 6.20 Å². The van der Waals surface area contributed by atoms with Gasteiger partial charge in [0.1, 0.15) is 0 Å². The maximum absolute atomic E-state index is 11.3. The Morgan fingerprint density at radius 1 is 1.37 bits per heavy atom. The zero-order chi connectivity index (χ0) is 13.7. The van der Waals surface area contributed by atoms with Gasteiger partial charge in [0.25, 0.3) is 0 Å². The van der Waals surface area contributed by atoms with E-state index in [1.807, 2.05) is 4.90 Å². The number of carbonyl (C=O) groups is 1. The first kappa shape index (κ1) is 13.5. The lowest BCUT2D eigenvalue weighted by atomic mass is 10.3. The summed E-state index contributed by atoms with van der Waals surface area (Å²) in [5, 5.41) is 11.0. The number of anilines is 2. The average molecular weight is 264 g/mol. The van der Waals surface area contributed by atoms with Crippen LogP contribution in [0.1, 0.15) is 20.3 Å². The molecule has 1 aromatic rings. The van der Waals surface area contributed by atoms with E-state index in [9.17, 15) is 4.79 Å². The normalized spacial score (nSPS) is 15.5. The van der Waals surface area contributed by atoms with Crippen LogP contribution in [0.25, 0.3) is 0 Å². The molecule has 1 fully saturated rings. The quantitative estimate of drug-likeness (QED) is 0.846. The molecule has 0 saturated carbocycles. The lowest BCUT2D eigenvalue weighted by Crippen LogP contribution is -2.48. The molecule has 7 nitrogen and oxygen atoms in total. The number of hydrogen-bond donors (Lipinski definition) is 1. The fraction of sp³-hybridized carbons (Fsp3) is 0.667. The second-order valence-electron chi connectivity index (χ2n) is 4.56. The highest BCUT2D eigenvalue weighted by atomic mass is 16.2. The van der Waals surface area contributed by atoms with E-state index < -0.39 is 0 Å². The molecule has 7 heteroatoms. The molecular formula is C12H20N6O. The van der Waals surface area contributed by atoms with Crippen molar-refractivity contribution in [2.24, 2.45) is 0 Å². The van der Waals surface area contributed by atoms with Crippen LogP contribution in [-0.2, 0) is 4.79 Å². The number of nitrogens with one attached hydrogen (secondary N) is 1. The number of aromatic nitrogens is 3. The predicted molar refractivity (Wildman–Crippen MR) is 73.1 cm³/mol. The minimum Gasteiger partial charge on any atom is -0.353 e. The Labute approximate surface area is 113 Å². The van der Waals surface area contributed by atoms with Crippen LogP contribution in [0.5, 0.6) is 0 Å². The van der Waals surface area contributed by atoms with Crippen LogP contribution in [0.15, 0.2) is 6.20 Å². The van der Waals surface area contributed by atoms with Crippen molar-refractivity contribution in [2.75, 3.05) is 42.9 Å². The molecule has 0 aromatic carbocycles. The number of piperazine rings is 1. The highest BCUT2D eigenvalue weighted by Crippen LogP contribution is 2.13. The smallest absolute Gasteiger partial charge is 0.244 e. The van der Waals surface area contributed by atoms with Crippen LogP contribution in [-0.4, -0.2) is 58.7 Å². The van der Waals surface area contributed by atoms with Gasteiger partial charge in [-0.15, -0.1) is 5.10 Å². The van der Waals surface area contributed by atoms with Crippen molar-refractivity contribution in [1.29, 1.82) is 0 Å². The van der Waals surface area contributed by atoms with E-state index in [2.05, 4.69) is 32.3 Å². The first-order valence-corrected chi connectivity index (χ1v) is 6.64. The second-order valence-corrected chi connectivity index (χ2v) is 4.56. The van der Waals surface area contributed by atoms with Crippen LogP contribution in [0, 0.1) is 0 Å². The summed E-state index contributed by atoms with van der Waals surface area (Å²) in [6.45, 7) is 7.56. The summed E-state index contributed by atoms with van der Waals surface area (Å²) < 4.78 is 0. The highest BCUT2D eigenvalue weighted by Gasteiger charge is 2.20. The molecule has 0 spiro atoms. The third kappa shape index (κ3) is 3.52. The summed E-state index contributed by atoms with van der Waals surface area (Å²) in [4.78, 5) is 19.7. The monoisotopic (exact) mass is 264 g/mol. The van der Waals surface area contributed by atoms with E-state index in [0.29, 0.717) is 5.95 Å². The van der Waals surface area contributed by atoms with Gasteiger partial charge < -0.3 is 15.1 Å². The molecule has 1 saturated heterocycles. The molecule has 0 unspecified atom stereocenters. The van der Waals surface area contributed by atoms with Crippen LogP contribution in [0.3, 0.4) is 0 Å². The van der Waals surface area contributed by atoms with E-state index >= 15 is 0 Å². The lowest BCUT2D eigenvalue weighted by Gasteiger charge is -2.34. The maximum Gasteiger partial charge on any atom is 0.244 e. The van der Waals surface area contributed by atoms with Gasteiger partial charge >= 0.3 is 0 Å². The number of nitrogens with zero attached hydrogens (tertiary/aromatic N) is 5. The van der Waals surface area contributed by atoms with Gasteiger partial charge in [-0.1, -0.05) is 6.92 Å². The highest BCUT2D eigenvalue weighted by molar-refractivity contribution is 5.73. The summed E-state index contributed by atoms with van der Waals surface area (Å²) in [6.07, 6.45) is 2.69. The number of rotatable bonds is 4. The zero-order valence-electron chi connectivity index (χ0n) is 11.5. The van der Waals surface area contributed by atoms with Gasteiger partial charge in [0, 0.05) is 39.6 Å². The molecule has 0 atom stereocenters. The van der Waals surface area contributed by atoms with Gasteiger partial charge in [-0.2, -0.15) is 10.1 Å². The SMILES string of the molecule is CCCNc1nncc(N2CCN(C(C)=O)CC2)n1. The fourth-order valence-corrected chi connectivity index (χ4v) is 2.01. The first-order chi connectivity index (χ1) is 9.20. The van der Waals surface area contributed by atoms with E-state index in [4.69, 9.17) is 0 Å². The summed E-state index contributed by atoms with van der Waals surface area (Å²) >= 11 is 0. The predicted octanol–water partition coefficient (Wildman–Crippen LogP) is 0.362. The van der Waals surface area contributed by atoms with Gasteiger partial charge in [0.15, 0.2) is 5.82 Å². The fourth-order valence-electron chi connectivity index (χ4n) is 2.01. The minimum absolute atomic E-state index is 0.130. The van der Waals surface area contributed by atoms with Gasteiger partial charge in [0.2, 0.25) is 11.9 Å². The van der Waals surface area contributed by atoms with Gasteiger partial charge in [-0.3, -0.25) is 4.79 Å². The van der Waals surface area contributed by atoms with Crippen LogP contribution in [0.4, 0.5) is 11.8 Å². The van der Waals surface area contributed by atoms with Gasteiger partial charge in [-0.25, -0.2) is 0 Å². The van der Waals surface area contributed by atoms with Crippen LogP contribution < -0.4 is 10.2 Å². The largest absolute Gasteiger partial charge is 0.353 e. The van der Waals surface area contributed by atoms with E-state index in [-0.39, 0.29) is 5.91 Å². The molecule has 0 aliphatic carbocycles. The molecule has 1 aliphatic heterocycles. The van der Waals surface area contributed by atoms with Crippen molar-refractivity contribution in [1.82, 2.24) is 20.1 Å². The van der Waals surface area contributed by atoms with Crippen LogP contribution in [0.2, 0.25) is 0 Å². The molecule has 0 radical (unpaired) electrons. The molecule has 1 N–H and O–H groups in total. The van der Waals surface area contributed by atoms with Crippen molar-refractivity contribution in [2.45, 2.75) is 20.3 Å². The Hall–Kier alpha value is -1.92. The Balaban J connectivity index is 1.97. The zero-order valence-corrected chi connectivity index (χ0v) is 11.5. The number of amides is 1. The standard InChI is InChI=1S/C12H20N6O/c1-3-4-13-12-15-11(9-14-16-12)18-7-5-17(6-8-18)10(2)19/h9H,3-8H2,1-2H3,(H,13,15,16). The topological polar surface area (TPSA) is 74.2 Å². The van der Waals surface area contributed by atoms with Gasteiger partial charge in [0.05, 0.1) is 6.20 Å². The third-order valence-electron chi connectivity index (χ3n) is 3.13. The van der Waals surface area contributed by atoms with E-state index in [0.717, 1.165) is 45.0 Å². The Bertz CT molecular complexity index is 430. The van der Waals surface area contributed by atoms with E-state index in [1.54, 1.807) is 13.1 Å². The number of carbonyl (C=O) groups excluding carboxylic acids is 1. The van der Waals surface area contributed by atoms with E-state index in [1.165, 1.54) is 0 Å². The summed E-state index contributed by atoms with van der Waals surface area (Å²) in [7, 11) is 0. The third-order valence-corrected chi connectivity index (χ3v) is 3.13. The second kappa shape index (κ2) is 6.31. The maximum atomic E-state index is 11.3. The summed E-state index contributed by atoms with van der Waals surface area (Å²) in [5.41, 5.74) is 0. The molecule has 2 heterocycles. The molecule has 1 aromatic heterocycles. The van der Waals surface area contributed by atoms with Crippen LogP contribution >= 0.6 is 0 Å². The number of hydrogen-bond acceptors (Lipinski definition) is 6. The Morgan fingerprint density at radius 2 is 2.11 bits per heavy atom. The Kier molecular flexibility index (Phi) is 4.48. The first-order valence-electron chi connectivity index (χ1n) is 6.64. The molecule has 19 heavy (non-hydrogen) atoms. The molecule has 2 rings (SSSR count). The summed E-state index contributed by atoms with van der Waals surface area (Å²) in [6, 6.07) is 0. The Morgan fingerprint density at radius 3 is 2.74 bits per heavy atom. The average Bonchev–Trinajstić information content (AvgIpc) is 2.45. The lowest BCUT2D eigenvalue weighted by molar-refractivity contribution is -0.129. The molecule has 1 amide bonds. The van der Waals surface area contributed by atoms with Crippen molar-refractivity contribution in [3.8, 4) is 0 Å². The van der Waals surface area contributed by atoms with Crippen molar-refractivity contribution >= 4 is 17.7 Å². The molecule has 0 bridgehead atoms. The van der Waals surface area contributed by atoms with Crippen molar-refractivity contribution in [3.63, 3.8) is 0 Å². The molecular weight excluding hydrogens is 244 g/mol. The summed E-state index contributed by atoms with van der Waals surface area (Å²) in [5.74, 6) is 1.51. The minimum atomic E-state index is 0.130.